The highest BCUT2D eigenvalue weighted by Gasteiger charge is 2.20. The maximum absolute atomic E-state index is 10.8. The lowest BCUT2D eigenvalue weighted by Gasteiger charge is -2.34. The third-order valence-corrected chi connectivity index (χ3v) is 5.00. The standard InChI is InChI=1S/C17H37NO5S/c1-4-6-10-18(3,11-8-9-17-24(19,20)21)12-14-23-16-15-22-13-7-5-2/h4-17H2,1-3H3/p+1. The largest absolute Gasteiger partial charge is 0.379 e. The number of rotatable bonds is 17. The zero-order valence-electron chi connectivity index (χ0n) is 15.8. The van der Waals surface area contributed by atoms with Crippen LogP contribution in [0.5, 0.6) is 0 Å². The second-order valence-electron chi connectivity index (χ2n) is 6.72. The van der Waals surface area contributed by atoms with Crippen LogP contribution in [0.2, 0.25) is 0 Å². The van der Waals surface area contributed by atoms with E-state index in [0.29, 0.717) is 26.2 Å². The van der Waals surface area contributed by atoms with E-state index in [1.165, 1.54) is 0 Å². The van der Waals surface area contributed by atoms with Crippen molar-refractivity contribution in [3.05, 3.63) is 0 Å². The summed E-state index contributed by atoms with van der Waals surface area (Å²) in [5, 5.41) is 0. The Hall–Kier alpha value is -0.210. The van der Waals surface area contributed by atoms with Gasteiger partial charge in [-0.2, -0.15) is 8.42 Å². The van der Waals surface area contributed by atoms with Crippen LogP contribution in [0.4, 0.5) is 0 Å². The quantitative estimate of drug-likeness (QED) is 0.243. The zero-order valence-corrected chi connectivity index (χ0v) is 16.7. The maximum atomic E-state index is 10.8. The van der Waals surface area contributed by atoms with Crippen LogP contribution in [0.3, 0.4) is 0 Å². The van der Waals surface area contributed by atoms with Gasteiger partial charge in [-0.05, 0) is 25.7 Å². The number of quaternary nitrogens is 1. The van der Waals surface area contributed by atoms with Gasteiger partial charge in [0.1, 0.15) is 6.54 Å². The molecule has 0 amide bonds. The van der Waals surface area contributed by atoms with Crippen LogP contribution in [-0.4, -0.2) is 76.3 Å². The molecule has 0 aromatic heterocycles. The predicted octanol–water partition coefficient (Wildman–Crippen LogP) is 2.73. The Kier molecular flexibility index (Phi) is 13.9. The average Bonchev–Trinajstić information content (AvgIpc) is 2.52. The fraction of sp³-hybridized carbons (Fsp3) is 1.00. The number of unbranched alkanes of at least 4 members (excludes halogenated alkanes) is 3. The lowest BCUT2D eigenvalue weighted by molar-refractivity contribution is -0.910. The molecule has 0 aromatic rings. The predicted molar refractivity (Wildman–Crippen MR) is 97.9 cm³/mol. The van der Waals surface area contributed by atoms with E-state index >= 15 is 0 Å². The lowest BCUT2D eigenvalue weighted by Crippen LogP contribution is -2.48. The molecule has 24 heavy (non-hydrogen) atoms. The summed E-state index contributed by atoms with van der Waals surface area (Å²) in [6, 6.07) is 0. The maximum Gasteiger partial charge on any atom is 0.264 e. The Morgan fingerprint density at radius 1 is 0.792 bits per heavy atom. The Bertz CT molecular complexity index is 388. The van der Waals surface area contributed by atoms with Crippen LogP contribution in [0.25, 0.3) is 0 Å². The highest BCUT2D eigenvalue weighted by molar-refractivity contribution is 7.85. The normalized spacial score (nSPS) is 14.7. The average molecular weight is 369 g/mol. The molecule has 7 heteroatoms. The van der Waals surface area contributed by atoms with Crippen molar-refractivity contribution >= 4 is 10.1 Å². The van der Waals surface area contributed by atoms with Crippen LogP contribution in [0.1, 0.15) is 52.4 Å². The summed E-state index contributed by atoms with van der Waals surface area (Å²) in [6.45, 7) is 9.98. The van der Waals surface area contributed by atoms with Crippen molar-refractivity contribution in [3.8, 4) is 0 Å². The van der Waals surface area contributed by atoms with E-state index in [4.69, 9.17) is 14.0 Å². The summed E-state index contributed by atoms with van der Waals surface area (Å²) in [4.78, 5) is 0. The second kappa shape index (κ2) is 14.0. The second-order valence-corrected chi connectivity index (χ2v) is 8.29. The van der Waals surface area contributed by atoms with Gasteiger partial charge in [0.25, 0.3) is 10.1 Å². The Morgan fingerprint density at radius 3 is 1.96 bits per heavy atom. The minimum atomic E-state index is -3.84. The van der Waals surface area contributed by atoms with Crippen molar-refractivity contribution in [1.29, 1.82) is 0 Å². The van der Waals surface area contributed by atoms with Crippen LogP contribution < -0.4 is 0 Å². The Balaban J connectivity index is 3.96. The van der Waals surface area contributed by atoms with Crippen LogP contribution >= 0.6 is 0 Å². The monoisotopic (exact) mass is 368 g/mol. The highest BCUT2D eigenvalue weighted by atomic mass is 32.2. The van der Waals surface area contributed by atoms with Gasteiger partial charge in [-0.3, -0.25) is 4.55 Å². The molecule has 0 saturated heterocycles. The molecule has 1 atom stereocenters. The van der Waals surface area contributed by atoms with E-state index in [1.807, 2.05) is 0 Å². The van der Waals surface area contributed by atoms with Gasteiger partial charge in [0.2, 0.25) is 0 Å². The molecule has 1 N–H and O–H groups in total. The number of nitrogens with zero attached hydrogens (tertiary/aromatic N) is 1. The summed E-state index contributed by atoms with van der Waals surface area (Å²) in [5.74, 6) is -0.146. The summed E-state index contributed by atoms with van der Waals surface area (Å²) < 4.78 is 42.4. The molecule has 0 aromatic carbocycles. The van der Waals surface area contributed by atoms with Crippen LogP contribution in [0, 0.1) is 0 Å². The van der Waals surface area contributed by atoms with E-state index in [1.54, 1.807) is 0 Å². The van der Waals surface area contributed by atoms with E-state index in [-0.39, 0.29) is 5.75 Å². The third kappa shape index (κ3) is 15.3. The van der Waals surface area contributed by atoms with Gasteiger partial charge in [0.05, 0.1) is 45.7 Å². The number of ether oxygens (including phenoxy) is 2. The molecule has 0 bridgehead atoms. The molecule has 0 spiro atoms. The molecule has 0 aliphatic heterocycles. The number of hydrogen-bond acceptors (Lipinski definition) is 4. The van der Waals surface area contributed by atoms with Gasteiger partial charge < -0.3 is 14.0 Å². The van der Waals surface area contributed by atoms with Gasteiger partial charge in [0, 0.05) is 6.61 Å². The minimum Gasteiger partial charge on any atom is -0.379 e. The SMILES string of the molecule is CCCCOCCOCC[N+](C)(CCCC)CCCCS(=O)(=O)O. The summed E-state index contributed by atoms with van der Waals surface area (Å²) in [7, 11) is -1.64. The van der Waals surface area contributed by atoms with Gasteiger partial charge in [0.15, 0.2) is 0 Å². The van der Waals surface area contributed by atoms with Gasteiger partial charge in [-0.15, -0.1) is 0 Å². The third-order valence-electron chi connectivity index (χ3n) is 4.19. The molecular weight excluding hydrogens is 330 g/mol. The van der Waals surface area contributed by atoms with Gasteiger partial charge >= 0.3 is 0 Å². The minimum absolute atomic E-state index is 0.146. The molecule has 0 radical (unpaired) electrons. The molecule has 6 nitrogen and oxygen atoms in total. The summed E-state index contributed by atoms with van der Waals surface area (Å²) in [6.07, 6.45) is 5.83. The van der Waals surface area contributed by atoms with Gasteiger partial charge in [-0.25, -0.2) is 0 Å². The van der Waals surface area contributed by atoms with E-state index in [9.17, 15) is 8.42 Å². The molecular formula is C17H38NO5S+. The van der Waals surface area contributed by atoms with Crippen molar-refractivity contribution in [1.82, 2.24) is 0 Å². The van der Waals surface area contributed by atoms with Crippen molar-refractivity contribution in [3.63, 3.8) is 0 Å². The summed E-state index contributed by atoms with van der Waals surface area (Å²) in [5.41, 5.74) is 0. The topological polar surface area (TPSA) is 72.8 Å². The van der Waals surface area contributed by atoms with Crippen molar-refractivity contribution in [2.24, 2.45) is 0 Å². The van der Waals surface area contributed by atoms with E-state index in [0.717, 1.165) is 62.8 Å². The fourth-order valence-electron chi connectivity index (χ4n) is 2.51. The summed E-state index contributed by atoms with van der Waals surface area (Å²) >= 11 is 0. The first-order chi connectivity index (χ1) is 11.3. The molecule has 0 heterocycles. The molecule has 146 valence electrons. The number of likely N-dealkylation sites (N-methyl/N-ethyl adjacent to an activating group) is 1. The van der Waals surface area contributed by atoms with Crippen molar-refractivity contribution in [2.75, 3.05) is 58.9 Å². The van der Waals surface area contributed by atoms with Crippen LogP contribution in [-0.2, 0) is 19.6 Å². The highest BCUT2D eigenvalue weighted by Crippen LogP contribution is 2.09. The molecule has 0 fully saturated rings. The molecule has 1 unspecified atom stereocenters. The molecule has 0 rings (SSSR count). The van der Waals surface area contributed by atoms with Crippen molar-refractivity contribution < 1.29 is 26.9 Å². The number of hydrogen-bond donors (Lipinski definition) is 1. The molecule has 0 saturated carbocycles. The molecule has 0 aliphatic carbocycles. The van der Waals surface area contributed by atoms with Gasteiger partial charge in [-0.1, -0.05) is 26.7 Å². The molecule has 0 aliphatic rings. The smallest absolute Gasteiger partial charge is 0.264 e. The fourth-order valence-corrected chi connectivity index (χ4v) is 3.08. The zero-order chi connectivity index (χ0) is 18.3. The first kappa shape index (κ1) is 23.8. The Labute approximate surface area is 148 Å². The van der Waals surface area contributed by atoms with E-state index < -0.39 is 10.1 Å². The lowest BCUT2D eigenvalue weighted by atomic mass is 10.2. The first-order valence-electron chi connectivity index (χ1n) is 9.27. The Morgan fingerprint density at radius 2 is 1.38 bits per heavy atom. The van der Waals surface area contributed by atoms with Crippen LogP contribution in [0.15, 0.2) is 0 Å². The van der Waals surface area contributed by atoms with Crippen molar-refractivity contribution in [2.45, 2.75) is 52.4 Å². The van der Waals surface area contributed by atoms with E-state index in [2.05, 4.69) is 20.9 Å². The first-order valence-corrected chi connectivity index (χ1v) is 10.9.